The Labute approximate surface area is 230 Å². The van der Waals surface area contributed by atoms with E-state index in [1.807, 2.05) is 64.1 Å². The second-order valence-corrected chi connectivity index (χ2v) is 10.0. The maximum atomic E-state index is 13.7. The molecule has 39 heavy (non-hydrogen) atoms. The maximum absolute atomic E-state index is 13.7. The summed E-state index contributed by atoms with van der Waals surface area (Å²) < 4.78 is 23.1. The van der Waals surface area contributed by atoms with E-state index < -0.39 is 5.82 Å². The molecule has 10 heteroatoms. The molecule has 0 radical (unpaired) electrons. The number of para-hydroxylation sites is 1. The van der Waals surface area contributed by atoms with Crippen LogP contribution < -0.4 is 10.1 Å². The minimum Gasteiger partial charge on any atom is -0.487 e. The van der Waals surface area contributed by atoms with Crippen LogP contribution in [0.2, 0.25) is 5.02 Å². The Balaban J connectivity index is 1.45. The van der Waals surface area contributed by atoms with Crippen molar-refractivity contribution in [3.05, 3.63) is 99.5 Å². The first-order valence-corrected chi connectivity index (χ1v) is 12.8. The molecular weight excluding hydrogens is 519 g/mol. The molecule has 1 amide bonds. The van der Waals surface area contributed by atoms with E-state index in [4.69, 9.17) is 21.3 Å². The van der Waals surface area contributed by atoms with Crippen LogP contribution in [0.4, 0.5) is 4.39 Å². The van der Waals surface area contributed by atoms with Gasteiger partial charge in [-0.3, -0.25) is 9.48 Å². The van der Waals surface area contributed by atoms with Gasteiger partial charge in [0.1, 0.15) is 23.6 Å². The largest absolute Gasteiger partial charge is 0.487 e. The Kier molecular flexibility index (Phi) is 7.10. The second kappa shape index (κ2) is 10.5. The zero-order valence-electron chi connectivity index (χ0n) is 22.3. The normalized spacial score (nSPS) is 12.1. The van der Waals surface area contributed by atoms with Gasteiger partial charge in [-0.25, -0.2) is 14.1 Å². The van der Waals surface area contributed by atoms with Gasteiger partial charge in [-0.15, -0.1) is 0 Å². The van der Waals surface area contributed by atoms with Gasteiger partial charge in [0.15, 0.2) is 5.82 Å². The van der Waals surface area contributed by atoms with Crippen molar-refractivity contribution in [1.82, 2.24) is 29.9 Å². The number of aromatic nitrogens is 5. The molecular formula is C29H28ClFN6O2. The van der Waals surface area contributed by atoms with E-state index in [1.54, 1.807) is 17.8 Å². The number of pyridine rings is 1. The van der Waals surface area contributed by atoms with Gasteiger partial charge in [-0.1, -0.05) is 29.8 Å². The molecule has 3 heterocycles. The van der Waals surface area contributed by atoms with Crippen LogP contribution in [0.15, 0.2) is 54.9 Å². The number of amides is 1. The van der Waals surface area contributed by atoms with Crippen molar-refractivity contribution in [3.63, 3.8) is 0 Å². The molecule has 0 aliphatic rings. The molecule has 3 aromatic heterocycles. The Bertz CT molecular complexity index is 1690. The Morgan fingerprint density at radius 2 is 1.97 bits per heavy atom. The molecule has 0 saturated heterocycles. The number of ether oxygens (including phenoxy) is 1. The summed E-state index contributed by atoms with van der Waals surface area (Å²) in [6.07, 6.45) is 2.49. The Morgan fingerprint density at radius 1 is 1.18 bits per heavy atom. The van der Waals surface area contributed by atoms with Gasteiger partial charge in [0.05, 0.1) is 24.1 Å². The number of fused-ring (bicyclic) bond motifs is 1. The highest BCUT2D eigenvalue weighted by Crippen LogP contribution is 2.32. The minimum absolute atomic E-state index is 0.151. The SMILES string of the molecule is Cc1cc(Cl)c(COc2cccc3c(-n4cc(F)cn4)cc(C)nc23)c([C@H](C)NC(=O)c2cc(C)n(C)n2)c1. The lowest BCUT2D eigenvalue weighted by atomic mass is 9.99. The van der Waals surface area contributed by atoms with Gasteiger partial charge in [0.2, 0.25) is 0 Å². The lowest BCUT2D eigenvalue weighted by molar-refractivity contribution is 0.0933. The summed E-state index contributed by atoms with van der Waals surface area (Å²) in [4.78, 5) is 17.6. The van der Waals surface area contributed by atoms with Gasteiger partial charge in [-0.05, 0) is 63.1 Å². The first-order chi connectivity index (χ1) is 18.6. The minimum atomic E-state index is -0.425. The number of carbonyl (C=O) groups excluding carboxylic acids is 1. The summed E-state index contributed by atoms with van der Waals surface area (Å²) in [6, 6.07) is 12.7. The quantitative estimate of drug-likeness (QED) is 0.273. The number of aryl methyl sites for hydroxylation is 4. The molecule has 8 nitrogen and oxygen atoms in total. The third kappa shape index (κ3) is 5.35. The third-order valence-corrected chi connectivity index (χ3v) is 6.95. The summed E-state index contributed by atoms with van der Waals surface area (Å²) >= 11 is 6.70. The molecule has 0 fully saturated rings. The van der Waals surface area contributed by atoms with Crippen LogP contribution in [0.1, 0.15) is 51.5 Å². The van der Waals surface area contributed by atoms with Crippen molar-refractivity contribution >= 4 is 28.4 Å². The molecule has 0 bridgehead atoms. The Hall–Kier alpha value is -4.24. The lowest BCUT2D eigenvalue weighted by Gasteiger charge is -2.20. The molecule has 0 aliphatic heterocycles. The van der Waals surface area contributed by atoms with Gasteiger partial charge in [0, 0.05) is 34.4 Å². The zero-order valence-corrected chi connectivity index (χ0v) is 23.0. The van der Waals surface area contributed by atoms with Gasteiger partial charge in [0.25, 0.3) is 5.91 Å². The van der Waals surface area contributed by atoms with E-state index in [9.17, 15) is 9.18 Å². The number of nitrogens with zero attached hydrogens (tertiary/aromatic N) is 5. The number of hydrogen-bond donors (Lipinski definition) is 1. The smallest absolute Gasteiger partial charge is 0.272 e. The van der Waals surface area contributed by atoms with Gasteiger partial charge < -0.3 is 10.1 Å². The molecule has 1 N–H and O–H groups in total. The molecule has 200 valence electrons. The lowest BCUT2D eigenvalue weighted by Crippen LogP contribution is -2.28. The zero-order chi connectivity index (χ0) is 27.8. The summed E-state index contributed by atoms with van der Waals surface area (Å²) in [5.74, 6) is -0.147. The van der Waals surface area contributed by atoms with Crippen LogP contribution in [-0.4, -0.2) is 30.5 Å². The number of hydrogen-bond acceptors (Lipinski definition) is 5. The monoisotopic (exact) mass is 546 g/mol. The van der Waals surface area contributed by atoms with Crippen molar-refractivity contribution in [2.45, 2.75) is 40.3 Å². The molecule has 0 saturated carbocycles. The van der Waals surface area contributed by atoms with Gasteiger partial charge >= 0.3 is 0 Å². The highest BCUT2D eigenvalue weighted by molar-refractivity contribution is 6.31. The van der Waals surface area contributed by atoms with Crippen LogP contribution in [0, 0.1) is 26.6 Å². The van der Waals surface area contributed by atoms with E-state index in [0.29, 0.717) is 27.7 Å². The van der Waals surface area contributed by atoms with Crippen molar-refractivity contribution in [2.24, 2.45) is 7.05 Å². The number of benzene rings is 2. The maximum Gasteiger partial charge on any atom is 0.272 e. The van der Waals surface area contributed by atoms with Crippen LogP contribution in [0.5, 0.6) is 5.75 Å². The highest BCUT2D eigenvalue weighted by Gasteiger charge is 2.20. The fraction of sp³-hybridized carbons (Fsp3) is 0.241. The highest BCUT2D eigenvalue weighted by atomic mass is 35.5. The molecule has 5 rings (SSSR count). The summed E-state index contributed by atoms with van der Waals surface area (Å²) in [5.41, 5.74) is 5.86. The third-order valence-electron chi connectivity index (χ3n) is 6.61. The molecule has 0 unspecified atom stereocenters. The van der Waals surface area contributed by atoms with Crippen LogP contribution in [0.25, 0.3) is 16.6 Å². The van der Waals surface area contributed by atoms with E-state index in [-0.39, 0.29) is 18.6 Å². The molecule has 0 spiro atoms. The topological polar surface area (TPSA) is 86.9 Å². The fourth-order valence-corrected chi connectivity index (χ4v) is 4.91. The van der Waals surface area contributed by atoms with Crippen molar-refractivity contribution in [3.8, 4) is 11.4 Å². The van der Waals surface area contributed by atoms with Crippen LogP contribution >= 0.6 is 11.6 Å². The van der Waals surface area contributed by atoms with Crippen molar-refractivity contribution in [1.29, 1.82) is 0 Å². The summed E-state index contributed by atoms with van der Waals surface area (Å²) in [6.45, 7) is 7.76. The van der Waals surface area contributed by atoms with Crippen molar-refractivity contribution < 1.29 is 13.9 Å². The number of rotatable bonds is 7. The molecule has 2 aromatic carbocycles. The van der Waals surface area contributed by atoms with Crippen molar-refractivity contribution in [2.75, 3.05) is 0 Å². The number of carbonyl (C=O) groups is 1. The Morgan fingerprint density at radius 3 is 2.67 bits per heavy atom. The predicted molar refractivity (Wildman–Crippen MR) is 148 cm³/mol. The average Bonchev–Trinajstić information content (AvgIpc) is 3.47. The van der Waals surface area contributed by atoms with E-state index >= 15 is 0 Å². The number of nitrogens with one attached hydrogen (secondary N) is 1. The van der Waals surface area contributed by atoms with Gasteiger partial charge in [-0.2, -0.15) is 10.2 Å². The van der Waals surface area contributed by atoms with E-state index in [0.717, 1.165) is 39.7 Å². The fourth-order valence-electron chi connectivity index (χ4n) is 4.57. The van der Waals surface area contributed by atoms with E-state index in [1.165, 1.54) is 10.9 Å². The van der Waals surface area contributed by atoms with Crippen LogP contribution in [-0.2, 0) is 13.7 Å². The molecule has 1 atom stereocenters. The molecule has 0 aliphatic carbocycles. The van der Waals surface area contributed by atoms with E-state index in [2.05, 4.69) is 15.5 Å². The molecule has 5 aromatic rings. The summed E-state index contributed by atoms with van der Waals surface area (Å²) in [5, 5.41) is 12.7. The average molecular weight is 547 g/mol. The first kappa shape index (κ1) is 26.4. The first-order valence-electron chi connectivity index (χ1n) is 12.4. The standard InChI is InChI=1S/C29H28ClFN6O2/c1-16-9-22(19(4)34-29(38)25-12-18(3)36(5)35-25)23(24(30)10-16)15-39-27-8-6-7-21-26(11-17(2)33-28(21)27)37-14-20(31)13-32-37/h6-14,19H,15H2,1-5H3,(H,34,38)/t19-/m0/s1. The number of halogens is 2. The second-order valence-electron chi connectivity index (χ2n) is 9.63. The summed E-state index contributed by atoms with van der Waals surface area (Å²) in [7, 11) is 1.80. The predicted octanol–water partition coefficient (Wildman–Crippen LogP) is 5.94. The van der Waals surface area contributed by atoms with Crippen LogP contribution in [0.3, 0.4) is 0 Å².